The minimum atomic E-state index is 0.445. The Morgan fingerprint density at radius 3 is 2.81 bits per heavy atom. The van der Waals surface area contributed by atoms with Crippen molar-refractivity contribution in [3.05, 3.63) is 0 Å². The molecule has 1 fully saturated rings. The number of rotatable bonds is 3. The fourth-order valence-corrected chi connectivity index (χ4v) is 2.37. The molecule has 4 nitrogen and oxygen atoms in total. The summed E-state index contributed by atoms with van der Waals surface area (Å²) in [6.45, 7) is 7.60. The summed E-state index contributed by atoms with van der Waals surface area (Å²) in [5.74, 6) is 6.20. The highest BCUT2D eigenvalue weighted by Crippen LogP contribution is 2.34. The summed E-state index contributed by atoms with van der Waals surface area (Å²) in [6.07, 6.45) is 6.07. The van der Waals surface area contributed by atoms with Crippen molar-refractivity contribution in [2.75, 3.05) is 6.54 Å². The average molecular weight is 226 g/mol. The first-order chi connectivity index (χ1) is 7.57. The van der Waals surface area contributed by atoms with Gasteiger partial charge in [-0.15, -0.1) is 0 Å². The van der Waals surface area contributed by atoms with Crippen LogP contribution in [-0.4, -0.2) is 18.5 Å². The molecule has 0 aliphatic heterocycles. The highest BCUT2D eigenvalue weighted by atomic mass is 15.3. The van der Waals surface area contributed by atoms with E-state index in [1.165, 1.54) is 25.7 Å². The molecule has 1 aliphatic carbocycles. The molecule has 0 radical (unpaired) electrons. The van der Waals surface area contributed by atoms with Crippen LogP contribution in [0.3, 0.4) is 0 Å². The van der Waals surface area contributed by atoms with Gasteiger partial charge in [-0.05, 0) is 31.1 Å². The van der Waals surface area contributed by atoms with Crippen molar-refractivity contribution in [2.24, 2.45) is 16.3 Å². The number of hydrogen-bond donors (Lipinski definition) is 3. The number of hydrogen-bond acceptors (Lipinski definition) is 2. The number of guanidine groups is 1. The molecule has 1 saturated carbocycles. The number of aliphatic imine (C=N–C) groups is 1. The van der Waals surface area contributed by atoms with Gasteiger partial charge >= 0.3 is 0 Å². The molecule has 0 bridgehead atoms. The van der Waals surface area contributed by atoms with Crippen LogP contribution in [0.25, 0.3) is 0 Å². The van der Waals surface area contributed by atoms with Crippen LogP contribution < -0.4 is 16.6 Å². The van der Waals surface area contributed by atoms with Crippen molar-refractivity contribution < 1.29 is 0 Å². The third-order valence-corrected chi connectivity index (χ3v) is 3.18. The lowest BCUT2D eigenvalue weighted by molar-refractivity contribution is 0.210. The van der Waals surface area contributed by atoms with Gasteiger partial charge in [0.1, 0.15) is 0 Å². The zero-order valence-electron chi connectivity index (χ0n) is 10.8. The molecule has 4 N–H and O–H groups in total. The molecule has 94 valence electrons. The molecule has 1 unspecified atom stereocenters. The fourth-order valence-electron chi connectivity index (χ4n) is 2.37. The van der Waals surface area contributed by atoms with E-state index in [-0.39, 0.29) is 0 Å². The van der Waals surface area contributed by atoms with Crippen molar-refractivity contribution in [2.45, 2.75) is 58.9 Å². The van der Waals surface area contributed by atoms with Crippen molar-refractivity contribution >= 4 is 5.96 Å². The van der Waals surface area contributed by atoms with Crippen LogP contribution in [0.5, 0.6) is 0 Å². The molecular formula is C12H26N4. The number of nitrogens with two attached hydrogens (primary N) is 1. The standard InChI is InChI=1S/C12H26N4/c1-4-8-14-11(16-13)15-10-6-5-7-12(2,3)9-10/h10H,4-9,13H2,1-3H3,(H2,14,15,16). The lowest BCUT2D eigenvalue weighted by atomic mass is 9.75. The Bertz CT molecular complexity index is 235. The summed E-state index contributed by atoms with van der Waals surface area (Å²) in [4.78, 5) is 4.37. The van der Waals surface area contributed by atoms with E-state index in [9.17, 15) is 0 Å². The fraction of sp³-hybridized carbons (Fsp3) is 0.917. The molecular weight excluding hydrogens is 200 g/mol. The van der Waals surface area contributed by atoms with Crippen LogP contribution in [0, 0.1) is 5.41 Å². The maximum Gasteiger partial charge on any atom is 0.205 e. The third kappa shape index (κ3) is 4.39. The van der Waals surface area contributed by atoms with Gasteiger partial charge in [0.15, 0.2) is 0 Å². The Balaban J connectivity index is 2.45. The normalized spacial score (nSPS) is 25.2. The summed E-state index contributed by atoms with van der Waals surface area (Å²) in [5, 5.41) is 3.41. The van der Waals surface area contributed by atoms with E-state index in [0.29, 0.717) is 11.5 Å². The van der Waals surface area contributed by atoms with Crippen LogP contribution >= 0.6 is 0 Å². The highest BCUT2D eigenvalue weighted by molar-refractivity contribution is 5.79. The monoisotopic (exact) mass is 226 g/mol. The molecule has 1 atom stereocenters. The second-order valence-electron chi connectivity index (χ2n) is 5.48. The van der Waals surface area contributed by atoms with Gasteiger partial charge in [0, 0.05) is 12.6 Å². The van der Waals surface area contributed by atoms with E-state index >= 15 is 0 Å². The average Bonchev–Trinajstić information content (AvgIpc) is 2.22. The predicted molar refractivity (Wildman–Crippen MR) is 69.1 cm³/mol. The molecule has 0 aromatic heterocycles. The molecule has 1 aliphatic rings. The Morgan fingerprint density at radius 1 is 1.50 bits per heavy atom. The van der Waals surface area contributed by atoms with E-state index in [2.05, 4.69) is 36.5 Å². The first-order valence-corrected chi connectivity index (χ1v) is 6.35. The van der Waals surface area contributed by atoms with E-state index in [0.717, 1.165) is 18.9 Å². The molecule has 1 rings (SSSR count). The van der Waals surface area contributed by atoms with E-state index < -0.39 is 0 Å². The molecule has 0 spiro atoms. The highest BCUT2D eigenvalue weighted by Gasteiger charge is 2.28. The van der Waals surface area contributed by atoms with Crippen LogP contribution in [0.15, 0.2) is 4.99 Å². The minimum Gasteiger partial charge on any atom is -0.353 e. The summed E-state index contributed by atoms with van der Waals surface area (Å²) < 4.78 is 0. The van der Waals surface area contributed by atoms with E-state index in [1.807, 2.05) is 0 Å². The van der Waals surface area contributed by atoms with Gasteiger partial charge in [-0.1, -0.05) is 27.2 Å². The van der Waals surface area contributed by atoms with E-state index in [1.54, 1.807) is 0 Å². The Morgan fingerprint density at radius 2 is 2.25 bits per heavy atom. The molecule has 0 aromatic carbocycles. The Labute approximate surface area is 99.1 Å². The number of nitrogens with one attached hydrogen (secondary N) is 2. The lowest BCUT2D eigenvalue weighted by Crippen LogP contribution is -2.48. The Hall–Kier alpha value is -0.770. The molecule has 16 heavy (non-hydrogen) atoms. The summed E-state index contributed by atoms with van der Waals surface area (Å²) in [5.41, 5.74) is 3.10. The van der Waals surface area contributed by atoms with Gasteiger partial charge in [0.05, 0.1) is 0 Å². The molecule has 0 aromatic rings. The summed E-state index contributed by atoms with van der Waals surface area (Å²) >= 11 is 0. The maximum absolute atomic E-state index is 5.46. The number of nitrogens with zero attached hydrogens (tertiary/aromatic N) is 1. The molecule has 0 saturated heterocycles. The smallest absolute Gasteiger partial charge is 0.205 e. The van der Waals surface area contributed by atoms with E-state index in [4.69, 9.17) is 5.84 Å². The second-order valence-corrected chi connectivity index (χ2v) is 5.48. The Kier molecular flexibility index (Phi) is 5.06. The molecule has 0 heterocycles. The molecule has 4 heteroatoms. The quantitative estimate of drug-likeness (QED) is 0.297. The van der Waals surface area contributed by atoms with Crippen molar-refractivity contribution in [1.29, 1.82) is 0 Å². The first kappa shape index (κ1) is 13.3. The summed E-state index contributed by atoms with van der Waals surface area (Å²) in [6, 6.07) is 0.510. The van der Waals surface area contributed by atoms with Gasteiger partial charge in [0.2, 0.25) is 5.96 Å². The van der Waals surface area contributed by atoms with Gasteiger partial charge in [0.25, 0.3) is 0 Å². The third-order valence-electron chi connectivity index (χ3n) is 3.18. The zero-order chi connectivity index (χ0) is 12.0. The first-order valence-electron chi connectivity index (χ1n) is 6.35. The zero-order valence-corrected chi connectivity index (χ0v) is 10.8. The van der Waals surface area contributed by atoms with Crippen LogP contribution in [-0.2, 0) is 0 Å². The summed E-state index contributed by atoms with van der Waals surface area (Å²) in [7, 11) is 0. The van der Waals surface area contributed by atoms with Gasteiger partial charge in [-0.25, -0.2) is 5.84 Å². The van der Waals surface area contributed by atoms with Crippen molar-refractivity contribution in [3.63, 3.8) is 0 Å². The maximum atomic E-state index is 5.46. The van der Waals surface area contributed by atoms with Gasteiger partial charge in [-0.3, -0.25) is 10.4 Å². The number of hydrazine groups is 1. The van der Waals surface area contributed by atoms with Crippen molar-refractivity contribution in [3.8, 4) is 0 Å². The lowest BCUT2D eigenvalue weighted by Gasteiger charge is -2.36. The van der Waals surface area contributed by atoms with Gasteiger partial charge < -0.3 is 5.32 Å². The largest absolute Gasteiger partial charge is 0.353 e. The molecule has 0 amide bonds. The van der Waals surface area contributed by atoms with Crippen molar-refractivity contribution in [1.82, 2.24) is 10.7 Å². The minimum absolute atomic E-state index is 0.445. The van der Waals surface area contributed by atoms with Crippen LogP contribution in [0.4, 0.5) is 0 Å². The van der Waals surface area contributed by atoms with Crippen LogP contribution in [0.2, 0.25) is 0 Å². The SMILES string of the molecule is CCCN=C(NN)NC1CCCC(C)(C)C1. The topological polar surface area (TPSA) is 62.4 Å². The second kappa shape index (κ2) is 6.09. The van der Waals surface area contributed by atoms with Crippen LogP contribution in [0.1, 0.15) is 52.9 Å². The van der Waals surface area contributed by atoms with Gasteiger partial charge in [-0.2, -0.15) is 0 Å². The predicted octanol–water partition coefficient (Wildman–Crippen LogP) is 1.77.